The van der Waals surface area contributed by atoms with Gasteiger partial charge in [-0.1, -0.05) is 17.7 Å². The third kappa shape index (κ3) is 2.09. The third-order valence-corrected chi connectivity index (χ3v) is 3.59. The van der Waals surface area contributed by atoms with Crippen molar-refractivity contribution in [1.82, 2.24) is 0 Å². The molecule has 0 aromatic carbocycles. The van der Waals surface area contributed by atoms with Gasteiger partial charge in [-0.05, 0) is 51.0 Å². The SMILES string of the molecule is CC1=C(C)CC(C2CC=CCC2)OC1. The molecule has 1 heterocycles. The number of hydrogen-bond donors (Lipinski definition) is 0. The van der Waals surface area contributed by atoms with E-state index in [4.69, 9.17) is 4.74 Å². The summed E-state index contributed by atoms with van der Waals surface area (Å²) < 4.78 is 5.91. The summed E-state index contributed by atoms with van der Waals surface area (Å²) in [6.07, 6.45) is 10.0. The van der Waals surface area contributed by atoms with Gasteiger partial charge in [-0.25, -0.2) is 0 Å². The van der Waals surface area contributed by atoms with Crippen molar-refractivity contribution in [1.29, 1.82) is 0 Å². The van der Waals surface area contributed by atoms with E-state index in [9.17, 15) is 0 Å². The molecule has 0 saturated heterocycles. The van der Waals surface area contributed by atoms with E-state index in [2.05, 4.69) is 26.0 Å². The van der Waals surface area contributed by atoms with Crippen LogP contribution in [0.4, 0.5) is 0 Å². The van der Waals surface area contributed by atoms with Crippen molar-refractivity contribution in [2.24, 2.45) is 5.92 Å². The summed E-state index contributed by atoms with van der Waals surface area (Å²) in [5.41, 5.74) is 2.99. The van der Waals surface area contributed by atoms with E-state index in [1.165, 1.54) is 24.8 Å². The largest absolute Gasteiger partial charge is 0.373 e. The van der Waals surface area contributed by atoms with Crippen molar-refractivity contribution in [3.05, 3.63) is 23.3 Å². The second-order valence-electron chi connectivity index (χ2n) is 4.66. The van der Waals surface area contributed by atoms with Crippen molar-refractivity contribution in [2.45, 2.75) is 45.6 Å². The molecule has 2 aliphatic rings. The van der Waals surface area contributed by atoms with Crippen LogP contribution in [-0.2, 0) is 4.74 Å². The summed E-state index contributed by atoms with van der Waals surface area (Å²) in [7, 11) is 0. The first-order chi connectivity index (χ1) is 6.77. The Balaban J connectivity index is 1.97. The molecule has 0 fully saturated rings. The van der Waals surface area contributed by atoms with E-state index in [1.54, 1.807) is 5.57 Å². The quantitative estimate of drug-likeness (QED) is 0.578. The zero-order valence-corrected chi connectivity index (χ0v) is 9.25. The minimum Gasteiger partial charge on any atom is -0.373 e. The molecule has 0 spiro atoms. The molecule has 0 amide bonds. The van der Waals surface area contributed by atoms with E-state index < -0.39 is 0 Å². The van der Waals surface area contributed by atoms with Gasteiger partial charge in [0, 0.05) is 0 Å². The van der Waals surface area contributed by atoms with Crippen LogP contribution in [0.1, 0.15) is 39.5 Å². The van der Waals surface area contributed by atoms with Crippen molar-refractivity contribution >= 4 is 0 Å². The van der Waals surface area contributed by atoms with Gasteiger partial charge < -0.3 is 4.74 Å². The van der Waals surface area contributed by atoms with Crippen molar-refractivity contribution in [3.63, 3.8) is 0 Å². The molecule has 1 nitrogen and oxygen atoms in total. The molecule has 1 heteroatoms. The summed E-state index contributed by atoms with van der Waals surface area (Å²) in [5.74, 6) is 0.767. The summed E-state index contributed by atoms with van der Waals surface area (Å²) in [5, 5.41) is 0. The Kier molecular flexibility index (Phi) is 3.07. The van der Waals surface area contributed by atoms with Crippen LogP contribution in [-0.4, -0.2) is 12.7 Å². The van der Waals surface area contributed by atoms with Gasteiger partial charge in [0.25, 0.3) is 0 Å². The predicted octanol–water partition coefficient (Wildman–Crippen LogP) is 3.47. The fourth-order valence-electron chi connectivity index (χ4n) is 2.35. The van der Waals surface area contributed by atoms with Gasteiger partial charge in [-0.15, -0.1) is 0 Å². The maximum absolute atomic E-state index is 5.91. The maximum atomic E-state index is 5.91. The first-order valence-corrected chi connectivity index (χ1v) is 5.69. The Morgan fingerprint density at radius 3 is 2.71 bits per heavy atom. The minimum absolute atomic E-state index is 0.489. The molecule has 1 aliphatic heterocycles. The van der Waals surface area contributed by atoms with Gasteiger partial charge in [-0.2, -0.15) is 0 Å². The summed E-state index contributed by atoms with van der Waals surface area (Å²) >= 11 is 0. The molecule has 0 aromatic rings. The van der Waals surface area contributed by atoms with E-state index in [-0.39, 0.29) is 0 Å². The Morgan fingerprint density at radius 2 is 2.07 bits per heavy atom. The molecule has 0 radical (unpaired) electrons. The normalized spacial score (nSPS) is 33.6. The summed E-state index contributed by atoms with van der Waals surface area (Å²) in [6.45, 7) is 5.30. The predicted molar refractivity (Wildman–Crippen MR) is 59.2 cm³/mol. The lowest BCUT2D eigenvalue weighted by Gasteiger charge is -2.32. The molecular weight excluding hydrogens is 172 g/mol. The molecular formula is C13H20O. The topological polar surface area (TPSA) is 9.23 Å². The van der Waals surface area contributed by atoms with Crippen molar-refractivity contribution in [2.75, 3.05) is 6.61 Å². The van der Waals surface area contributed by atoms with E-state index in [0.29, 0.717) is 6.10 Å². The second-order valence-corrected chi connectivity index (χ2v) is 4.66. The number of ether oxygens (including phenoxy) is 1. The second kappa shape index (κ2) is 4.31. The van der Waals surface area contributed by atoms with Crippen molar-refractivity contribution in [3.8, 4) is 0 Å². The summed E-state index contributed by atoms with van der Waals surface area (Å²) in [6, 6.07) is 0. The minimum atomic E-state index is 0.489. The van der Waals surface area contributed by atoms with Crippen LogP contribution in [0.5, 0.6) is 0 Å². The summed E-state index contributed by atoms with van der Waals surface area (Å²) in [4.78, 5) is 0. The van der Waals surface area contributed by atoms with E-state index >= 15 is 0 Å². The van der Waals surface area contributed by atoms with Crippen LogP contribution in [0.15, 0.2) is 23.3 Å². The highest BCUT2D eigenvalue weighted by Crippen LogP contribution is 2.31. The molecule has 78 valence electrons. The maximum Gasteiger partial charge on any atom is 0.0680 e. The number of allylic oxidation sites excluding steroid dienone is 2. The number of rotatable bonds is 1. The van der Waals surface area contributed by atoms with Gasteiger partial charge in [0.15, 0.2) is 0 Å². The van der Waals surface area contributed by atoms with Gasteiger partial charge >= 0.3 is 0 Å². The molecule has 0 aromatic heterocycles. The van der Waals surface area contributed by atoms with E-state index in [1.807, 2.05) is 0 Å². The first-order valence-electron chi connectivity index (χ1n) is 5.69. The highest BCUT2D eigenvalue weighted by molar-refractivity contribution is 5.14. The lowest BCUT2D eigenvalue weighted by Crippen LogP contribution is -2.29. The fourth-order valence-corrected chi connectivity index (χ4v) is 2.35. The van der Waals surface area contributed by atoms with Crippen LogP contribution in [0.25, 0.3) is 0 Å². The smallest absolute Gasteiger partial charge is 0.0680 e. The monoisotopic (exact) mass is 192 g/mol. The Bertz CT molecular complexity index is 262. The molecule has 0 saturated carbocycles. The zero-order valence-electron chi connectivity index (χ0n) is 9.25. The molecule has 0 bridgehead atoms. The highest BCUT2D eigenvalue weighted by Gasteiger charge is 2.25. The Labute approximate surface area is 86.8 Å². The lowest BCUT2D eigenvalue weighted by molar-refractivity contribution is 0.0126. The molecule has 2 rings (SSSR count). The Hall–Kier alpha value is -0.560. The van der Waals surface area contributed by atoms with Gasteiger partial charge in [-0.3, -0.25) is 0 Å². The standard InChI is InChI=1S/C13H20O/c1-10-8-13(14-9-11(10)2)12-6-4-3-5-7-12/h3-4,12-13H,5-9H2,1-2H3. The lowest BCUT2D eigenvalue weighted by atomic mass is 9.85. The van der Waals surface area contributed by atoms with Crippen LogP contribution in [0.3, 0.4) is 0 Å². The van der Waals surface area contributed by atoms with Crippen LogP contribution in [0, 0.1) is 5.92 Å². The average molecular weight is 192 g/mol. The van der Waals surface area contributed by atoms with Crippen LogP contribution >= 0.6 is 0 Å². The fraction of sp³-hybridized carbons (Fsp3) is 0.692. The molecule has 0 N–H and O–H groups in total. The Morgan fingerprint density at radius 1 is 1.21 bits per heavy atom. The van der Waals surface area contributed by atoms with Gasteiger partial charge in [0.1, 0.15) is 0 Å². The van der Waals surface area contributed by atoms with Gasteiger partial charge in [0.05, 0.1) is 12.7 Å². The van der Waals surface area contributed by atoms with Crippen LogP contribution in [0.2, 0.25) is 0 Å². The average Bonchev–Trinajstić information content (AvgIpc) is 2.23. The van der Waals surface area contributed by atoms with Crippen molar-refractivity contribution < 1.29 is 4.74 Å². The molecule has 14 heavy (non-hydrogen) atoms. The zero-order chi connectivity index (χ0) is 9.97. The third-order valence-electron chi connectivity index (χ3n) is 3.59. The molecule has 2 atom stereocenters. The number of hydrogen-bond acceptors (Lipinski definition) is 1. The molecule has 1 aliphatic carbocycles. The van der Waals surface area contributed by atoms with Gasteiger partial charge in [0.2, 0.25) is 0 Å². The van der Waals surface area contributed by atoms with Crippen LogP contribution < -0.4 is 0 Å². The molecule has 2 unspecified atom stereocenters. The first kappa shape index (κ1) is 9.97. The highest BCUT2D eigenvalue weighted by atomic mass is 16.5. The van der Waals surface area contributed by atoms with E-state index in [0.717, 1.165) is 18.9 Å².